The van der Waals surface area contributed by atoms with E-state index in [0.717, 1.165) is 25.1 Å². The summed E-state index contributed by atoms with van der Waals surface area (Å²) in [6.07, 6.45) is 0.835. The Balaban J connectivity index is 2.70. The van der Waals surface area contributed by atoms with E-state index in [4.69, 9.17) is 4.74 Å². The van der Waals surface area contributed by atoms with Gasteiger partial charge in [-0.15, -0.1) is 0 Å². The lowest BCUT2D eigenvalue weighted by molar-refractivity contribution is -0.385. The topological polar surface area (TPSA) is 67.6 Å². The number of hydrogen-bond acceptors (Lipinski definition) is 5. The molecule has 0 saturated heterocycles. The number of nitrogens with zero attached hydrogens (tertiary/aromatic N) is 2. The maximum atomic E-state index is 11.0. The van der Waals surface area contributed by atoms with Crippen molar-refractivity contribution in [1.29, 1.82) is 0 Å². The standard InChI is InChI=1S/C14H23N3O3/c1-4-15-11-12-6-7-13(17(18)19)14(10-12)20-9-5-8-16(2)3/h6-7,10,15H,4-5,8-9,11H2,1-3H3. The van der Waals surface area contributed by atoms with Gasteiger partial charge in [0.2, 0.25) is 0 Å². The molecule has 0 bridgehead atoms. The van der Waals surface area contributed by atoms with E-state index in [1.807, 2.05) is 21.0 Å². The average Bonchev–Trinajstić information content (AvgIpc) is 2.41. The Kier molecular flexibility index (Phi) is 6.97. The molecule has 0 saturated carbocycles. The fourth-order valence-electron chi connectivity index (χ4n) is 1.77. The highest BCUT2D eigenvalue weighted by atomic mass is 16.6. The van der Waals surface area contributed by atoms with Gasteiger partial charge in [0.15, 0.2) is 5.75 Å². The van der Waals surface area contributed by atoms with Gasteiger partial charge in [0.25, 0.3) is 0 Å². The summed E-state index contributed by atoms with van der Waals surface area (Å²) in [5.41, 5.74) is 1.01. The van der Waals surface area contributed by atoms with Crippen LogP contribution in [0.3, 0.4) is 0 Å². The van der Waals surface area contributed by atoms with Crippen molar-refractivity contribution in [2.45, 2.75) is 19.9 Å². The van der Waals surface area contributed by atoms with Crippen LogP contribution in [-0.2, 0) is 6.54 Å². The van der Waals surface area contributed by atoms with Crippen LogP contribution >= 0.6 is 0 Å². The van der Waals surface area contributed by atoms with Crippen LogP contribution in [0.25, 0.3) is 0 Å². The van der Waals surface area contributed by atoms with E-state index in [0.29, 0.717) is 18.9 Å². The molecule has 20 heavy (non-hydrogen) atoms. The summed E-state index contributed by atoms with van der Waals surface area (Å²) in [7, 11) is 3.97. The lowest BCUT2D eigenvalue weighted by Gasteiger charge is -2.11. The van der Waals surface area contributed by atoms with Crippen LogP contribution in [0.15, 0.2) is 18.2 Å². The SMILES string of the molecule is CCNCc1ccc([N+](=O)[O-])c(OCCCN(C)C)c1. The zero-order valence-electron chi connectivity index (χ0n) is 12.4. The normalized spacial score (nSPS) is 10.8. The van der Waals surface area contributed by atoms with Crippen LogP contribution in [0.4, 0.5) is 5.69 Å². The van der Waals surface area contributed by atoms with Gasteiger partial charge in [0.1, 0.15) is 0 Å². The first-order valence-electron chi connectivity index (χ1n) is 6.80. The smallest absolute Gasteiger partial charge is 0.310 e. The Morgan fingerprint density at radius 3 is 2.75 bits per heavy atom. The molecule has 112 valence electrons. The minimum atomic E-state index is -0.404. The van der Waals surface area contributed by atoms with Crippen molar-refractivity contribution < 1.29 is 9.66 Å². The second-order valence-corrected chi connectivity index (χ2v) is 4.84. The Morgan fingerprint density at radius 1 is 1.40 bits per heavy atom. The second kappa shape index (κ2) is 8.50. The first-order chi connectivity index (χ1) is 9.54. The van der Waals surface area contributed by atoms with Crippen LogP contribution in [0.1, 0.15) is 18.9 Å². The van der Waals surface area contributed by atoms with E-state index in [-0.39, 0.29) is 5.69 Å². The van der Waals surface area contributed by atoms with E-state index < -0.39 is 4.92 Å². The van der Waals surface area contributed by atoms with Crippen LogP contribution in [0.2, 0.25) is 0 Å². The summed E-state index contributed by atoms with van der Waals surface area (Å²) in [4.78, 5) is 12.6. The number of ether oxygens (including phenoxy) is 1. The molecule has 0 spiro atoms. The van der Waals surface area contributed by atoms with Gasteiger partial charge in [-0.25, -0.2) is 0 Å². The monoisotopic (exact) mass is 281 g/mol. The molecule has 0 amide bonds. The highest BCUT2D eigenvalue weighted by Gasteiger charge is 2.15. The minimum absolute atomic E-state index is 0.0232. The summed E-state index contributed by atoms with van der Waals surface area (Å²) in [5, 5.41) is 14.2. The summed E-state index contributed by atoms with van der Waals surface area (Å²) >= 11 is 0. The highest BCUT2D eigenvalue weighted by Crippen LogP contribution is 2.28. The minimum Gasteiger partial charge on any atom is -0.487 e. The van der Waals surface area contributed by atoms with Crippen LogP contribution in [0.5, 0.6) is 5.75 Å². The number of hydrogen-bond donors (Lipinski definition) is 1. The van der Waals surface area contributed by atoms with Crippen molar-refractivity contribution in [2.75, 3.05) is 33.8 Å². The number of nitrogens with one attached hydrogen (secondary N) is 1. The van der Waals surface area contributed by atoms with Crippen LogP contribution in [-0.4, -0.2) is 43.6 Å². The fourth-order valence-corrected chi connectivity index (χ4v) is 1.77. The third-order valence-electron chi connectivity index (χ3n) is 2.81. The van der Waals surface area contributed by atoms with Crippen molar-refractivity contribution in [2.24, 2.45) is 0 Å². The Hall–Kier alpha value is -1.66. The molecule has 0 aromatic heterocycles. The Bertz CT molecular complexity index is 436. The van der Waals surface area contributed by atoms with Gasteiger partial charge < -0.3 is 15.0 Å². The molecule has 6 heteroatoms. The van der Waals surface area contributed by atoms with Gasteiger partial charge in [-0.2, -0.15) is 0 Å². The molecule has 1 aromatic rings. The summed E-state index contributed by atoms with van der Waals surface area (Å²) < 4.78 is 5.57. The van der Waals surface area contributed by atoms with Gasteiger partial charge in [0.05, 0.1) is 11.5 Å². The largest absolute Gasteiger partial charge is 0.487 e. The molecular weight excluding hydrogens is 258 g/mol. The molecule has 1 aromatic carbocycles. The molecule has 0 aliphatic heterocycles. The first kappa shape index (κ1) is 16.4. The zero-order valence-corrected chi connectivity index (χ0v) is 12.4. The molecule has 0 fully saturated rings. The molecule has 0 aliphatic carbocycles. The van der Waals surface area contributed by atoms with Crippen molar-refractivity contribution >= 4 is 5.69 Å². The number of rotatable bonds is 9. The predicted octanol–water partition coefficient (Wildman–Crippen LogP) is 2.03. The first-order valence-corrected chi connectivity index (χ1v) is 6.80. The summed E-state index contributed by atoms with van der Waals surface area (Å²) in [5.74, 6) is 0.351. The third kappa shape index (κ3) is 5.54. The molecule has 6 nitrogen and oxygen atoms in total. The molecule has 0 aliphatic rings. The van der Waals surface area contributed by atoms with Gasteiger partial charge in [-0.3, -0.25) is 10.1 Å². The van der Waals surface area contributed by atoms with E-state index in [1.165, 1.54) is 6.07 Å². The van der Waals surface area contributed by atoms with Gasteiger partial charge in [0, 0.05) is 19.2 Å². The van der Waals surface area contributed by atoms with E-state index >= 15 is 0 Å². The quantitative estimate of drug-likeness (QED) is 0.426. The van der Waals surface area contributed by atoms with E-state index in [1.54, 1.807) is 12.1 Å². The second-order valence-electron chi connectivity index (χ2n) is 4.84. The maximum Gasteiger partial charge on any atom is 0.310 e. The van der Waals surface area contributed by atoms with Gasteiger partial charge >= 0.3 is 5.69 Å². The van der Waals surface area contributed by atoms with Crippen LogP contribution < -0.4 is 10.1 Å². The van der Waals surface area contributed by atoms with E-state index in [2.05, 4.69) is 10.2 Å². The van der Waals surface area contributed by atoms with Crippen molar-refractivity contribution in [3.05, 3.63) is 33.9 Å². The molecular formula is C14H23N3O3. The molecule has 0 atom stereocenters. The van der Waals surface area contributed by atoms with Crippen LogP contribution in [0, 0.1) is 10.1 Å². The molecule has 0 radical (unpaired) electrons. The average molecular weight is 281 g/mol. The lowest BCUT2D eigenvalue weighted by atomic mass is 10.2. The summed E-state index contributed by atoms with van der Waals surface area (Å²) in [6.45, 7) is 4.93. The number of nitro benzene ring substituents is 1. The lowest BCUT2D eigenvalue weighted by Crippen LogP contribution is -2.16. The predicted molar refractivity (Wildman–Crippen MR) is 79.1 cm³/mol. The molecule has 0 unspecified atom stereocenters. The molecule has 1 rings (SSSR count). The molecule has 1 N–H and O–H groups in total. The number of nitro groups is 1. The van der Waals surface area contributed by atoms with Crippen molar-refractivity contribution in [3.8, 4) is 5.75 Å². The Labute approximate surface area is 119 Å². The van der Waals surface area contributed by atoms with E-state index in [9.17, 15) is 10.1 Å². The third-order valence-corrected chi connectivity index (χ3v) is 2.81. The zero-order chi connectivity index (χ0) is 15.0. The highest BCUT2D eigenvalue weighted by molar-refractivity contribution is 5.48. The maximum absolute atomic E-state index is 11.0. The Morgan fingerprint density at radius 2 is 2.15 bits per heavy atom. The van der Waals surface area contributed by atoms with Crippen molar-refractivity contribution in [3.63, 3.8) is 0 Å². The van der Waals surface area contributed by atoms with Gasteiger partial charge in [-0.1, -0.05) is 13.0 Å². The summed E-state index contributed by atoms with van der Waals surface area (Å²) in [6, 6.07) is 5.01. The molecule has 0 heterocycles. The fraction of sp³-hybridized carbons (Fsp3) is 0.571. The van der Waals surface area contributed by atoms with Crippen molar-refractivity contribution in [1.82, 2.24) is 10.2 Å². The number of benzene rings is 1. The van der Waals surface area contributed by atoms with Gasteiger partial charge in [-0.05, 0) is 38.7 Å².